The van der Waals surface area contributed by atoms with E-state index >= 15 is 0 Å². The van der Waals surface area contributed by atoms with Gasteiger partial charge in [0.15, 0.2) is 0 Å². The minimum atomic E-state index is -0.953. The van der Waals surface area contributed by atoms with Crippen LogP contribution in [0.1, 0.15) is 12.5 Å². The van der Waals surface area contributed by atoms with Crippen molar-refractivity contribution in [3.63, 3.8) is 0 Å². The first kappa shape index (κ1) is 15.9. The Labute approximate surface area is 128 Å². The summed E-state index contributed by atoms with van der Waals surface area (Å²) in [5.74, 6) is -0.00243. The number of ether oxygens (including phenoxy) is 1. The molecule has 0 radical (unpaired) electrons. The monoisotopic (exact) mass is 309 g/mol. The molecule has 1 aromatic rings. The molecule has 0 spiro atoms. The van der Waals surface area contributed by atoms with Crippen molar-refractivity contribution in [2.45, 2.75) is 25.7 Å². The van der Waals surface area contributed by atoms with Crippen molar-refractivity contribution in [1.29, 1.82) is 0 Å². The molecule has 2 rings (SSSR count). The molecule has 1 amide bonds. The predicted octanol–water partition coefficient (Wildman–Crippen LogP) is 1.62. The van der Waals surface area contributed by atoms with Crippen molar-refractivity contribution in [1.82, 2.24) is 4.90 Å². The van der Waals surface area contributed by atoms with Gasteiger partial charge in [-0.15, -0.1) is 0 Å². The lowest BCUT2D eigenvalue weighted by Gasteiger charge is -2.34. The molecule has 6 heteroatoms. The maximum absolute atomic E-state index is 12.4. The lowest BCUT2D eigenvalue weighted by Crippen LogP contribution is -2.53. The fourth-order valence-electron chi connectivity index (χ4n) is 2.17. The third kappa shape index (κ3) is 4.22. The summed E-state index contributed by atoms with van der Waals surface area (Å²) in [4.78, 5) is 25.0. The maximum Gasteiger partial charge on any atom is 0.327 e. The lowest BCUT2D eigenvalue weighted by molar-refractivity contribution is -0.155. The number of aliphatic carboxylic acids is 1. The number of carboxylic acids is 1. The van der Waals surface area contributed by atoms with Crippen molar-refractivity contribution in [3.05, 3.63) is 35.9 Å². The quantitative estimate of drug-likeness (QED) is 0.895. The number of rotatable bonds is 5. The standard InChI is InChI=1S/C15H19NO4S/c1-11(20-9-12-5-3-2-4-6-12)14(17)16-7-8-21-10-13(16)15(18)19/h2-6,11,13H,7-10H2,1H3,(H,18,19). The molecule has 1 fully saturated rings. The fourth-order valence-corrected chi connectivity index (χ4v) is 3.21. The second kappa shape index (κ2) is 7.47. The van der Waals surface area contributed by atoms with Gasteiger partial charge in [-0.2, -0.15) is 11.8 Å². The van der Waals surface area contributed by atoms with E-state index in [0.29, 0.717) is 18.9 Å². The highest BCUT2D eigenvalue weighted by atomic mass is 32.2. The number of hydrogen-bond acceptors (Lipinski definition) is 4. The molecule has 0 bridgehead atoms. The van der Waals surface area contributed by atoms with Gasteiger partial charge in [-0.1, -0.05) is 30.3 Å². The number of hydrogen-bond donors (Lipinski definition) is 1. The Bertz CT molecular complexity index is 494. The van der Waals surface area contributed by atoms with Crippen LogP contribution in [0, 0.1) is 0 Å². The van der Waals surface area contributed by atoms with Crippen LogP contribution in [-0.4, -0.2) is 52.1 Å². The van der Waals surface area contributed by atoms with Crippen LogP contribution in [0.4, 0.5) is 0 Å². The Kier molecular flexibility index (Phi) is 5.64. The van der Waals surface area contributed by atoms with Gasteiger partial charge in [0.25, 0.3) is 5.91 Å². The van der Waals surface area contributed by atoms with Crippen LogP contribution in [0.15, 0.2) is 30.3 Å². The molecule has 0 aromatic heterocycles. The number of amides is 1. The van der Waals surface area contributed by atoms with Crippen LogP contribution in [0.25, 0.3) is 0 Å². The van der Waals surface area contributed by atoms with Crippen molar-refractivity contribution < 1.29 is 19.4 Å². The summed E-state index contributed by atoms with van der Waals surface area (Å²) in [5.41, 5.74) is 0.987. The van der Waals surface area contributed by atoms with E-state index < -0.39 is 18.1 Å². The summed E-state index contributed by atoms with van der Waals surface area (Å²) in [6, 6.07) is 8.84. The van der Waals surface area contributed by atoms with Crippen LogP contribution in [-0.2, 0) is 20.9 Å². The van der Waals surface area contributed by atoms with E-state index in [4.69, 9.17) is 4.74 Å². The number of nitrogens with zero attached hydrogens (tertiary/aromatic N) is 1. The van der Waals surface area contributed by atoms with E-state index in [1.54, 1.807) is 18.7 Å². The second-order valence-electron chi connectivity index (χ2n) is 4.90. The molecule has 1 N–H and O–H groups in total. The van der Waals surface area contributed by atoms with Gasteiger partial charge in [-0.05, 0) is 12.5 Å². The molecule has 1 aliphatic rings. The van der Waals surface area contributed by atoms with Crippen molar-refractivity contribution >= 4 is 23.6 Å². The molecular weight excluding hydrogens is 290 g/mol. The zero-order valence-electron chi connectivity index (χ0n) is 11.9. The van der Waals surface area contributed by atoms with E-state index in [0.717, 1.165) is 11.3 Å². The highest BCUT2D eigenvalue weighted by molar-refractivity contribution is 7.99. The first-order chi connectivity index (χ1) is 10.1. The largest absolute Gasteiger partial charge is 0.480 e. The van der Waals surface area contributed by atoms with Crippen LogP contribution < -0.4 is 0 Å². The third-order valence-electron chi connectivity index (χ3n) is 3.39. The smallest absolute Gasteiger partial charge is 0.327 e. The van der Waals surface area contributed by atoms with Crippen LogP contribution in [0.2, 0.25) is 0 Å². The minimum absolute atomic E-state index is 0.251. The van der Waals surface area contributed by atoms with Gasteiger partial charge in [0.1, 0.15) is 12.1 Å². The van der Waals surface area contributed by atoms with Gasteiger partial charge in [0.05, 0.1) is 6.61 Å². The molecule has 2 unspecified atom stereocenters. The van der Waals surface area contributed by atoms with Crippen molar-refractivity contribution in [3.8, 4) is 0 Å². The first-order valence-corrected chi connectivity index (χ1v) is 8.01. The Balaban J connectivity index is 1.93. The highest BCUT2D eigenvalue weighted by Gasteiger charge is 2.34. The van der Waals surface area contributed by atoms with Crippen LogP contribution in [0.5, 0.6) is 0 Å². The van der Waals surface area contributed by atoms with Gasteiger partial charge in [0, 0.05) is 18.1 Å². The SMILES string of the molecule is CC(OCc1ccccc1)C(=O)N1CCSCC1C(=O)O. The van der Waals surface area contributed by atoms with Gasteiger partial charge in [-0.25, -0.2) is 4.79 Å². The average molecular weight is 309 g/mol. The van der Waals surface area contributed by atoms with E-state index in [1.807, 2.05) is 30.3 Å². The molecule has 1 saturated heterocycles. The molecule has 0 aliphatic carbocycles. The topological polar surface area (TPSA) is 66.8 Å². The van der Waals surface area contributed by atoms with E-state index in [1.165, 1.54) is 4.90 Å². The predicted molar refractivity (Wildman–Crippen MR) is 81.2 cm³/mol. The number of carbonyl (C=O) groups excluding carboxylic acids is 1. The molecule has 1 aromatic carbocycles. The maximum atomic E-state index is 12.4. The van der Waals surface area contributed by atoms with Gasteiger partial charge in [0.2, 0.25) is 0 Å². The minimum Gasteiger partial charge on any atom is -0.480 e. The third-order valence-corrected chi connectivity index (χ3v) is 4.41. The zero-order valence-corrected chi connectivity index (χ0v) is 12.7. The van der Waals surface area contributed by atoms with Gasteiger partial charge >= 0.3 is 5.97 Å². The molecular formula is C15H19NO4S. The average Bonchev–Trinajstić information content (AvgIpc) is 2.52. The van der Waals surface area contributed by atoms with E-state index in [9.17, 15) is 14.7 Å². The fraction of sp³-hybridized carbons (Fsp3) is 0.467. The molecule has 21 heavy (non-hydrogen) atoms. The molecule has 1 heterocycles. The van der Waals surface area contributed by atoms with E-state index in [2.05, 4.69) is 0 Å². The highest BCUT2D eigenvalue weighted by Crippen LogP contribution is 2.18. The normalized spacial score (nSPS) is 20.0. The molecule has 0 saturated carbocycles. The number of thioether (sulfide) groups is 1. The summed E-state index contributed by atoms with van der Waals surface area (Å²) in [6.07, 6.45) is -0.643. The van der Waals surface area contributed by atoms with Crippen molar-refractivity contribution in [2.75, 3.05) is 18.1 Å². The molecule has 1 aliphatic heterocycles. The van der Waals surface area contributed by atoms with Gasteiger partial charge < -0.3 is 14.7 Å². The summed E-state index contributed by atoms with van der Waals surface area (Å²) < 4.78 is 5.58. The Morgan fingerprint density at radius 3 is 2.81 bits per heavy atom. The lowest BCUT2D eigenvalue weighted by atomic mass is 10.2. The molecule has 114 valence electrons. The summed E-state index contributed by atoms with van der Waals surface area (Å²) in [7, 11) is 0. The van der Waals surface area contributed by atoms with E-state index in [-0.39, 0.29) is 5.91 Å². The zero-order chi connectivity index (χ0) is 15.2. The molecule has 5 nitrogen and oxygen atoms in total. The van der Waals surface area contributed by atoms with Crippen LogP contribution >= 0.6 is 11.8 Å². The van der Waals surface area contributed by atoms with Crippen LogP contribution in [0.3, 0.4) is 0 Å². The first-order valence-electron chi connectivity index (χ1n) is 6.86. The summed E-state index contributed by atoms with van der Waals surface area (Å²) in [6.45, 7) is 2.47. The Morgan fingerprint density at radius 1 is 1.43 bits per heavy atom. The Hall–Kier alpha value is -1.53. The van der Waals surface area contributed by atoms with Gasteiger partial charge in [-0.3, -0.25) is 4.79 Å². The number of carbonyl (C=O) groups is 2. The number of benzene rings is 1. The number of carboxylic acid groups (broad SMARTS) is 1. The molecule has 2 atom stereocenters. The van der Waals surface area contributed by atoms with Crippen molar-refractivity contribution in [2.24, 2.45) is 0 Å². The summed E-state index contributed by atoms with van der Waals surface area (Å²) >= 11 is 1.56. The second-order valence-corrected chi connectivity index (χ2v) is 6.05. The Morgan fingerprint density at radius 2 is 2.14 bits per heavy atom. The summed E-state index contributed by atoms with van der Waals surface area (Å²) in [5, 5.41) is 9.20.